The minimum absolute atomic E-state index is 0.0286. The van der Waals surface area contributed by atoms with Crippen molar-refractivity contribution in [2.24, 2.45) is 11.7 Å². The molecule has 4 atom stereocenters. The average molecular weight is 494 g/mol. The van der Waals surface area contributed by atoms with Crippen LogP contribution in [0, 0.1) is 5.92 Å². The number of nitrogens with two attached hydrogens (primary N) is 1. The van der Waals surface area contributed by atoms with Crippen molar-refractivity contribution >= 4 is 47.2 Å². The first-order valence-corrected chi connectivity index (χ1v) is 11.4. The van der Waals surface area contributed by atoms with E-state index < -0.39 is 60.4 Å². The minimum Gasteiger partial charge on any atom is -0.480 e. The maximum Gasteiger partial charge on any atom is 0.326 e. The van der Waals surface area contributed by atoms with Gasteiger partial charge in [-0.25, -0.2) is 4.79 Å². The van der Waals surface area contributed by atoms with Crippen LogP contribution in [0.1, 0.15) is 19.4 Å². The van der Waals surface area contributed by atoms with Gasteiger partial charge in [-0.1, -0.05) is 32.0 Å². The first-order chi connectivity index (χ1) is 16.1. The molecule has 0 saturated heterocycles. The zero-order valence-electron chi connectivity index (χ0n) is 18.9. The quantitative estimate of drug-likeness (QED) is 0.177. The van der Waals surface area contributed by atoms with E-state index >= 15 is 0 Å². The Kier molecular flexibility index (Phi) is 9.90. The van der Waals surface area contributed by atoms with Crippen LogP contribution >= 0.6 is 12.6 Å². The molecule has 12 heteroatoms. The number of carboxylic acids is 1. The van der Waals surface area contributed by atoms with Crippen molar-refractivity contribution in [2.75, 3.05) is 12.4 Å². The molecule has 1 aromatic heterocycles. The monoisotopic (exact) mass is 493 g/mol. The largest absolute Gasteiger partial charge is 0.480 e. The molecule has 0 saturated carbocycles. The van der Waals surface area contributed by atoms with E-state index in [1.54, 1.807) is 20.0 Å². The molecule has 0 aliphatic rings. The normalized spacial score (nSPS) is 14.8. The van der Waals surface area contributed by atoms with Crippen LogP contribution in [-0.2, 0) is 25.6 Å². The van der Waals surface area contributed by atoms with Crippen LogP contribution in [0.25, 0.3) is 10.9 Å². The molecule has 1 heterocycles. The fourth-order valence-corrected chi connectivity index (χ4v) is 3.49. The third-order valence-corrected chi connectivity index (χ3v) is 5.70. The maximum atomic E-state index is 12.9. The highest BCUT2D eigenvalue weighted by molar-refractivity contribution is 7.80. The summed E-state index contributed by atoms with van der Waals surface area (Å²) in [6, 6.07) is 2.72. The summed E-state index contributed by atoms with van der Waals surface area (Å²) in [5, 5.41) is 27.3. The highest BCUT2D eigenvalue weighted by Gasteiger charge is 2.32. The predicted octanol–water partition coefficient (Wildman–Crippen LogP) is -0.845. The van der Waals surface area contributed by atoms with Gasteiger partial charge in [0.1, 0.15) is 18.1 Å². The zero-order valence-corrected chi connectivity index (χ0v) is 19.8. The number of hydrogen-bond donors (Lipinski definition) is 8. The number of thiol groups is 1. The number of aromatic amines is 1. The highest BCUT2D eigenvalue weighted by Crippen LogP contribution is 2.19. The Morgan fingerprint density at radius 2 is 1.68 bits per heavy atom. The molecule has 4 unspecified atom stereocenters. The number of carboxylic acid groups (broad SMARTS) is 1. The van der Waals surface area contributed by atoms with Gasteiger partial charge in [0, 0.05) is 29.3 Å². The van der Waals surface area contributed by atoms with E-state index in [4.69, 9.17) is 5.73 Å². The summed E-state index contributed by atoms with van der Waals surface area (Å²) in [4.78, 5) is 52.4. The van der Waals surface area contributed by atoms with E-state index in [0.29, 0.717) is 0 Å². The number of carbonyl (C=O) groups is 4. The summed E-state index contributed by atoms with van der Waals surface area (Å²) in [6.07, 6.45) is 1.72. The van der Waals surface area contributed by atoms with Crippen molar-refractivity contribution in [3.8, 4) is 0 Å². The van der Waals surface area contributed by atoms with E-state index in [0.717, 1.165) is 16.5 Å². The van der Waals surface area contributed by atoms with Gasteiger partial charge in [-0.3, -0.25) is 14.4 Å². The number of aliphatic carboxylic acids is 1. The lowest BCUT2D eigenvalue weighted by molar-refractivity contribution is -0.142. The van der Waals surface area contributed by atoms with Crippen LogP contribution in [0.2, 0.25) is 0 Å². The number of aromatic nitrogens is 1. The van der Waals surface area contributed by atoms with Gasteiger partial charge in [-0.2, -0.15) is 12.6 Å². The Morgan fingerprint density at radius 3 is 2.26 bits per heavy atom. The molecule has 1 aromatic carbocycles. The van der Waals surface area contributed by atoms with Crippen LogP contribution < -0.4 is 21.7 Å². The molecule has 2 aromatic rings. The lowest BCUT2D eigenvalue weighted by atomic mass is 10.0. The first kappa shape index (κ1) is 27.2. The Labute approximate surface area is 202 Å². The van der Waals surface area contributed by atoms with E-state index in [9.17, 15) is 29.4 Å². The Hall–Kier alpha value is -3.09. The molecule has 11 nitrogen and oxygen atoms in total. The van der Waals surface area contributed by atoms with Crippen molar-refractivity contribution in [3.63, 3.8) is 0 Å². The van der Waals surface area contributed by atoms with Crippen molar-refractivity contribution in [2.45, 2.75) is 44.4 Å². The van der Waals surface area contributed by atoms with E-state index in [1.165, 1.54) is 0 Å². The first-order valence-electron chi connectivity index (χ1n) is 10.7. The predicted molar refractivity (Wildman–Crippen MR) is 129 cm³/mol. The van der Waals surface area contributed by atoms with Crippen molar-refractivity contribution < 1.29 is 29.4 Å². The smallest absolute Gasteiger partial charge is 0.326 e. The number of aliphatic hydroxyl groups excluding tert-OH is 1. The summed E-state index contributed by atoms with van der Waals surface area (Å²) in [6.45, 7) is 2.62. The van der Waals surface area contributed by atoms with Crippen molar-refractivity contribution in [1.29, 1.82) is 0 Å². The standard InChI is InChI=1S/C22H31N5O6S/c1-11(2)18(27-20(30)17(9-28)26-19(29)14(23)10-34)21(31)25-16(22(32)33)7-12-8-24-15-6-4-3-5-13(12)15/h3-6,8,11,14,16-18,24,28,34H,7,9-10,23H2,1-2H3,(H,25,31)(H,26,29)(H,27,30)(H,32,33). The van der Waals surface area contributed by atoms with Gasteiger partial charge in [-0.15, -0.1) is 0 Å². The van der Waals surface area contributed by atoms with E-state index in [-0.39, 0.29) is 12.2 Å². The molecule has 0 radical (unpaired) electrons. The third kappa shape index (κ3) is 6.95. The van der Waals surface area contributed by atoms with E-state index in [1.807, 2.05) is 24.3 Å². The molecule has 2 rings (SSSR count). The van der Waals surface area contributed by atoms with E-state index in [2.05, 4.69) is 33.6 Å². The number of aliphatic hydroxyl groups is 1. The zero-order chi connectivity index (χ0) is 25.4. The molecular weight excluding hydrogens is 462 g/mol. The van der Waals surface area contributed by atoms with Gasteiger partial charge in [0.15, 0.2) is 0 Å². The van der Waals surface area contributed by atoms with Gasteiger partial charge in [0.2, 0.25) is 17.7 Å². The second kappa shape index (κ2) is 12.4. The molecule has 186 valence electrons. The van der Waals surface area contributed by atoms with Crippen LogP contribution in [0.5, 0.6) is 0 Å². The van der Waals surface area contributed by atoms with Gasteiger partial charge < -0.3 is 36.9 Å². The van der Waals surface area contributed by atoms with Crippen molar-refractivity contribution in [1.82, 2.24) is 20.9 Å². The molecule has 0 bridgehead atoms. The number of carbonyl (C=O) groups excluding carboxylic acids is 3. The lowest BCUT2D eigenvalue weighted by Gasteiger charge is -2.26. The third-order valence-electron chi connectivity index (χ3n) is 5.31. The molecular formula is C22H31N5O6S. The fourth-order valence-electron chi connectivity index (χ4n) is 3.33. The molecule has 0 spiro atoms. The lowest BCUT2D eigenvalue weighted by Crippen LogP contribution is -2.59. The van der Waals surface area contributed by atoms with Gasteiger partial charge >= 0.3 is 5.97 Å². The number of para-hydroxylation sites is 1. The summed E-state index contributed by atoms with van der Waals surface area (Å²) in [5.41, 5.74) is 7.13. The van der Waals surface area contributed by atoms with Gasteiger partial charge in [0.25, 0.3) is 0 Å². The summed E-state index contributed by atoms with van der Waals surface area (Å²) in [7, 11) is 0. The molecule has 0 aliphatic heterocycles. The summed E-state index contributed by atoms with van der Waals surface area (Å²) in [5.74, 6) is -3.80. The number of amides is 3. The maximum absolute atomic E-state index is 12.9. The SMILES string of the molecule is CC(C)C(NC(=O)C(CO)NC(=O)C(N)CS)C(=O)NC(Cc1c[nH]c2ccccc12)C(=O)O. The van der Waals surface area contributed by atoms with Crippen LogP contribution in [0.4, 0.5) is 0 Å². The number of nitrogens with one attached hydrogen (secondary N) is 4. The van der Waals surface area contributed by atoms with Crippen LogP contribution in [0.3, 0.4) is 0 Å². The van der Waals surface area contributed by atoms with Gasteiger partial charge in [-0.05, 0) is 17.5 Å². The number of fused-ring (bicyclic) bond motifs is 1. The molecule has 3 amide bonds. The molecule has 34 heavy (non-hydrogen) atoms. The Balaban J connectivity index is 2.11. The number of H-pyrrole nitrogens is 1. The highest BCUT2D eigenvalue weighted by atomic mass is 32.1. The number of rotatable bonds is 12. The summed E-state index contributed by atoms with van der Waals surface area (Å²) >= 11 is 3.92. The van der Waals surface area contributed by atoms with Crippen LogP contribution in [-0.4, -0.2) is 75.4 Å². The van der Waals surface area contributed by atoms with Gasteiger partial charge in [0.05, 0.1) is 12.6 Å². The Bertz CT molecular complexity index is 1030. The minimum atomic E-state index is -1.34. The summed E-state index contributed by atoms with van der Waals surface area (Å²) < 4.78 is 0. The van der Waals surface area contributed by atoms with Crippen LogP contribution in [0.15, 0.2) is 30.5 Å². The topological polar surface area (TPSA) is 187 Å². The average Bonchev–Trinajstić information content (AvgIpc) is 3.21. The number of hydrogen-bond acceptors (Lipinski definition) is 7. The van der Waals surface area contributed by atoms with Crippen molar-refractivity contribution in [3.05, 3.63) is 36.0 Å². The fraction of sp³-hybridized carbons (Fsp3) is 0.455. The second-order valence-electron chi connectivity index (χ2n) is 8.23. The molecule has 8 N–H and O–H groups in total. The Morgan fingerprint density at radius 1 is 1.03 bits per heavy atom. The molecule has 0 fully saturated rings. The second-order valence-corrected chi connectivity index (χ2v) is 8.59. The number of benzene rings is 1. The molecule has 0 aliphatic carbocycles.